The van der Waals surface area contributed by atoms with Crippen molar-refractivity contribution in [1.29, 1.82) is 0 Å². The molecule has 0 aromatic carbocycles. The van der Waals surface area contributed by atoms with Gasteiger partial charge in [0.05, 0.1) is 0 Å². The Balaban J connectivity index is -0.000000614. The fourth-order valence-electron chi connectivity index (χ4n) is 5.71. The molecule has 6 bridgehead atoms. The van der Waals surface area contributed by atoms with Gasteiger partial charge < -0.3 is 0 Å². The molecular formula is C23H64O12Si8Sn. The molecule has 0 aliphatic carbocycles. The molecule has 0 spiro atoms. The van der Waals surface area contributed by atoms with Crippen molar-refractivity contribution in [1.82, 2.24) is 0 Å². The maximum atomic E-state index is 7.32. The van der Waals surface area contributed by atoms with E-state index in [4.69, 9.17) is 46.7 Å². The summed E-state index contributed by atoms with van der Waals surface area (Å²) >= 11 is -4.25. The number of unbranched alkanes of at least 4 members (excludes halogenated alkanes) is 2. The summed E-state index contributed by atoms with van der Waals surface area (Å²) in [4.78, 5) is 0. The van der Waals surface area contributed by atoms with E-state index in [1.165, 1.54) is 0 Å². The molecule has 4 aliphatic rings. The van der Waals surface area contributed by atoms with Gasteiger partial charge in [-0.3, -0.25) is 0 Å². The summed E-state index contributed by atoms with van der Waals surface area (Å²) < 4.78 is 84.8. The maximum absolute atomic E-state index is 7.32. The van der Waals surface area contributed by atoms with Gasteiger partial charge in [0.2, 0.25) is 0 Å². The molecule has 4 aliphatic heterocycles. The van der Waals surface area contributed by atoms with Crippen LogP contribution in [0.15, 0.2) is 0 Å². The molecule has 4 fully saturated rings. The normalized spacial score (nSPS) is 42.5. The Kier molecular flexibility index (Phi) is 11.9. The van der Waals surface area contributed by atoms with Crippen LogP contribution in [0.5, 0.6) is 0 Å². The molecule has 44 heavy (non-hydrogen) atoms. The van der Waals surface area contributed by atoms with Gasteiger partial charge in [0.15, 0.2) is 0 Å². The van der Waals surface area contributed by atoms with Gasteiger partial charge in [-0.25, -0.2) is 0 Å². The van der Waals surface area contributed by atoms with Crippen LogP contribution in [-0.2, 0) is 46.7 Å². The van der Waals surface area contributed by atoms with Crippen LogP contribution in [0, 0.1) is 34.4 Å². The monoisotopic (exact) mass is 876 g/mol. The second kappa shape index (κ2) is 13.9. The van der Waals surface area contributed by atoms with Crippen molar-refractivity contribution < 1.29 is 59.5 Å². The van der Waals surface area contributed by atoms with E-state index >= 15 is 0 Å². The Morgan fingerprint density at radius 1 is 0.591 bits per heavy atom. The molecule has 0 aromatic rings. The molecule has 0 amide bonds. The van der Waals surface area contributed by atoms with E-state index in [1.807, 2.05) is 19.6 Å². The minimum absolute atomic E-state index is 0. The van der Waals surface area contributed by atoms with Crippen LogP contribution in [0.2, 0.25) is 48.2 Å². The Morgan fingerprint density at radius 3 is 1.57 bits per heavy atom. The van der Waals surface area contributed by atoms with Crippen molar-refractivity contribution in [3.05, 3.63) is 0 Å². The van der Waals surface area contributed by atoms with Crippen molar-refractivity contribution >= 4 is 89.9 Å². The molecular weight excluding hydrogens is 812 g/mol. The Bertz CT molecular complexity index is 1310. The summed E-state index contributed by atoms with van der Waals surface area (Å²) in [5, 5.41) is 0. The average Bonchev–Trinajstić information content (AvgIpc) is 2.81. The summed E-state index contributed by atoms with van der Waals surface area (Å²) in [5.74, 6) is 8.93. The molecule has 4 heterocycles. The largest absolute Gasteiger partial charge is 0 e. The molecule has 7 unspecified atom stereocenters. The van der Waals surface area contributed by atoms with Crippen LogP contribution >= 0.6 is 0 Å². The molecule has 7 atom stereocenters. The van der Waals surface area contributed by atoms with Gasteiger partial charge in [0.25, 0.3) is 0 Å². The number of hydrogen-bond acceptors (Lipinski definition) is 12. The Hall–Kier alpha value is 0.734. The standard InChI is InChI=1S/C15H28O12Si8.2C4H9.Sn.9H2/c1-10-13-33(17)23-30(7)19-29(6,16)20-31(8)22-32(9,21-30)25-35(26-33,15-12-3)27-34(24-31,14-11-2)18-28(4)5;2*1-3-4-2;;;;;;;;;;/h28H,1-9H3;2*1,3-4H2,2H3;;9*1H/q-2;;;+2;;;;;;;;;. The van der Waals surface area contributed by atoms with E-state index in [0.29, 0.717) is 0 Å². The molecule has 21 heteroatoms. The fourth-order valence-corrected chi connectivity index (χ4v) is 67.1. The van der Waals surface area contributed by atoms with Crippen LogP contribution in [0.3, 0.4) is 0 Å². The summed E-state index contributed by atoms with van der Waals surface area (Å²) in [6.45, 7) is 20.5. The van der Waals surface area contributed by atoms with Crippen LogP contribution < -0.4 is 0 Å². The van der Waals surface area contributed by atoms with Crippen molar-refractivity contribution in [2.45, 2.75) is 108 Å². The van der Waals surface area contributed by atoms with Crippen LogP contribution in [0.4, 0.5) is 0 Å². The van der Waals surface area contributed by atoms with Gasteiger partial charge in [0, 0.05) is 12.8 Å². The quantitative estimate of drug-likeness (QED) is 0.203. The van der Waals surface area contributed by atoms with Crippen LogP contribution in [0.25, 0.3) is 0 Å². The number of hydrogen-bond donors (Lipinski definition) is 0. The van der Waals surface area contributed by atoms with Gasteiger partial charge in [-0.2, -0.15) is 0 Å². The topological polar surface area (TPSA) is 111 Å². The average molecular weight is 876 g/mol. The summed E-state index contributed by atoms with van der Waals surface area (Å²) in [6.07, 6.45) is 3.70. The number of fused-ring (bicyclic) bond motifs is 4. The first-order valence-corrected chi connectivity index (χ1v) is 38.4. The molecule has 4 rings (SSSR count). The molecule has 12 nitrogen and oxygen atoms in total. The molecule has 0 saturated carbocycles. The Morgan fingerprint density at radius 2 is 1.07 bits per heavy atom. The summed E-state index contributed by atoms with van der Waals surface area (Å²) in [5.41, 5.74) is 9.49. The zero-order valence-electron chi connectivity index (χ0n) is 27.7. The Labute approximate surface area is 291 Å². The smallest absolute Gasteiger partial charge is 0 e. The predicted molar refractivity (Wildman–Crippen MR) is 200 cm³/mol. The van der Waals surface area contributed by atoms with E-state index in [1.54, 1.807) is 40.4 Å². The second-order valence-electron chi connectivity index (χ2n) is 11.7. The van der Waals surface area contributed by atoms with Crippen LogP contribution in [-0.4, -0.2) is 89.9 Å². The SMILES string of the molecule is CC#C[Si]1(O[SiH](C)C)O[Si]2(C)O[Si]3(C)O[Si]4(C)O[Si](C)(O2)[O][Sn]([CH2]CCC)([CH2]CCC)[O][Si](C#CC)(O4)O[Si](C#CC)(O3)O1.[HH].[HH].[HH].[HH].[HH].[HH].[HH].[HH].[HH]. The van der Waals surface area contributed by atoms with E-state index in [2.05, 4.69) is 48.2 Å². The third-order valence-electron chi connectivity index (χ3n) is 6.72. The zero-order valence-corrected chi connectivity index (χ0v) is 38.7. The third kappa shape index (κ3) is 8.47. The second-order valence-corrected chi connectivity index (χ2v) is 45.0. The molecule has 0 radical (unpaired) electrons. The fraction of sp³-hybridized carbons (Fsp3) is 0.739. The van der Waals surface area contributed by atoms with Gasteiger partial charge in [-0.05, 0) is 0 Å². The van der Waals surface area contributed by atoms with Crippen molar-refractivity contribution in [3.8, 4) is 34.4 Å². The van der Waals surface area contributed by atoms with Gasteiger partial charge in [-0.1, -0.05) is 0 Å². The third-order valence-corrected chi connectivity index (χ3v) is 55.0. The first-order valence-electron chi connectivity index (χ1n) is 15.2. The van der Waals surface area contributed by atoms with E-state index < -0.39 is 89.9 Å². The van der Waals surface area contributed by atoms with Crippen LogP contribution in [0.1, 0.15) is 73.1 Å². The van der Waals surface area contributed by atoms with Crippen molar-refractivity contribution in [3.63, 3.8) is 0 Å². The predicted octanol–water partition coefficient (Wildman–Crippen LogP) is 6.26. The first kappa shape index (κ1) is 37.6. The summed E-state index contributed by atoms with van der Waals surface area (Å²) in [6, 6.07) is 0. The number of rotatable bonds is 8. The van der Waals surface area contributed by atoms with Crippen molar-refractivity contribution in [2.24, 2.45) is 0 Å². The van der Waals surface area contributed by atoms with Gasteiger partial charge >= 0.3 is 279 Å². The maximum Gasteiger partial charge on any atom is 0 e. The minimum atomic E-state index is -4.25. The first-order chi connectivity index (χ1) is 20.5. The van der Waals surface area contributed by atoms with E-state index in [-0.39, 0.29) is 12.8 Å². The molecule has 0 N–H and O–H groups in total. The van der Waals surface area contributed by atoms with E-state index in [0.717, 1.165) is 34.6 Å². The molecule has 0 aromatic heterocycles. The zero-order chi connectivity index (χ0) is 32.5. The minimum Gasteiger partial charge on any atom is 0 e. The molecule has 264 valence electrons. The van der Waals surface area contributed by atoms with Gasteiger partial charge in [0.1, 0.15) is 0 Å². The van der Waals surface area contributed by atoms with Crippen molar-refractivity contribution in [2.75, 3.05) is 0 Å². The molecule has 4 saturated heterocycles. The van der Waals surface area contributed by atoms with Gasteiger partial charge in [-0.15, -0.1) is 0 Å². The summed E-state index contributed by atoms with van der Waals surface area (Å²) in [7, 11) is -29.2. The van der Waals surface area contributed by atoms with E-state index in [9.17, 15) is 0 Å².